The molecule has 1 unspecified atom stereocenters. The summed E-state index contributed by atoms with van der Waals surface area (Å²) in [5.74, 6) is 0.676. The molecule has 0 saturated heterocycles. The van der Waals surface area contributed by atoms with E-state index >= 15 is 0 Å². The van der Waals surface area contributed by atoms with Gasteiger partial charge in [0.05, 0.1) is 11.4 Å². The zero-order valence-electron chi connectivity index (χ0n) is 13.7. The van der Waals surface area contributed by atoms with Crippen LogP contribution in [0.4, 0.5) is 0 Å². The fraction of sp³-hybridized carbons (Fsp3) is 0.158. The first-order valence-electron chi connectivity index (χ1n) is 8.05. The predicted molar refractivity (Wildman–Crippen MR) is 105 cm³/mol. The van der Waals surface area contributed by atoms with E-state index in [1.165, 1.54) is 16.2 Å². The first-order chi connectivity index (χ1) is 12.2. The van der Waals surface area contributed by atoms with Gasteiger partial charge in [0.25, 0.3) is 5.56 Å². The molecule has 4 rings (SSSR count). The van der Waals surface area contributed by atoms with E-state index in [2.05, 4.69) is 26.7 Å². The Kier molecular flexibility index (Phi) is 4.48. The third-order valence-corrected chi connectivity index (χ3v) is 5.87. The van der Waals surface area contributed by atoms with Crippen molar-refractivity contribution in [1.29, 1.82) is 0 Å². The molecule has 0 aliphatic heterocycles. The number of fused-ring (bicyclic) bond motifs is 1. The van der Waals surface area contributed by atoms with Gasteiger partial charge in [-0.05, 0) is 23.9 Å². The molecule has 0 bridgehead atoms. The van der Waals surface area contributed by atoms with Crippen LogP contribution in [0.2, 0.25) is 0 Å². The molecule has 3 heterocycles. The average molecular weight is 367 g/mol. The van der Waals surface area contributed by atoms with Gasteiger partial charge in [0.1, 0.15) is 10.7 Å². The molecule has 1 aromatic carbocycles. The summed E-state index contributed by atoms with van der Waals surface area (Å²) < 4.78 is 0. The highest BCUT2D eigenvalue weighted by atomic mass is 32.1. The van der Waals surface area contributed by atoms with E-state index in [1.54, 1.807) is 11.3 Å². The van der Waals surface area contributed by atoms with Crippen LogP contribution in [0.3, 0.4) is 0 Å². The highest BCUT2D eigenvalue weighted by molar-refractivity contribution is 7.17. The van der Waals surface area contributed by atoms with Gasteiger partial charge in [-0.2, -0.15) is 0 Å². The molecule has 126 valence electrons. The number of H-pyrrole nitrogens is 1. The highest BCUT2D eigenvalue weighted by Crippen LogP contribution is 2.30. The quantitative estimate of drug-likeness (QED) is 0.543. The topological polar surface area (TPSA) is 57.8 Å². The Morgan fingerprint density at radius 1 is 1.16 bits per heavy atom. The lowest BCUT2D eigenvalue weighted by atomic mass is 10.1. The van der Waals surface area contributed by atoms with Crippen molar-refractivity contribution in [1.82, 2.24) is 15.3 Å². The van der Waals surface area contributed by atoms with Crippen molar-refractivity contribution < 1.29 is 0 Å². The number of thiophene rings is 2. The molecule has 0 spiro atoms. The standard InChI is InChI=1S/C19H17N3OS2/c1-12(20-10-14-8-5-9-24-14)17-21-18(23)16-15(11-25-19(16)22-17)13-6-3-2-4-7-13/h2-9,11-12,20H,10H2,1H3,(H,21,22,23). The number of hydrogen-bond acceptors (Lipinski definition) is 5. The molecule has 4 aromatic rings. The molecule has 0 amide bonds. The van der Waals surface area contributed by atoms with Gasteiger partial charge in [-0.1, -0.05) is 36.4 Å². The minimum Gasteiger partial charge on any atom is -0.309 e. The van der Waals surface area contributed by atoms with E-state index in [9.17, 15) is 4.79 Å². The summed E-state index contributed by atoms with van der Waals surface area (Å²) in [4.78, 5) is 22.4. The van der Waals surface area contributed by atoms with Crippen LogP contribution in [0, 0.1) is 0 Å². The molecular formula is C19H17N3OS2. The normalized spacial score (nSPS) is 12.5. The predicted octanol–water partition coefficient (Wildman–Crippen LogP) is 4.56. The van der Waals surface area contributed by atoms with Crippen LogP contribution >= 0.6 is 22.7 Å². The highest BCUT2D eigenvalue weighted by Gasteiger charge is 2.15. The number of benzene rings is 1. The van der Waals surface area contributed by atoms with E-state index in [0.29, 0.717) is 11.2 Å². The molecular weight excluding hydrogens is 350 g/mol. The van der Waals surface area contributed by atoms with Crippen molar-refractivity contribution in [2.75, 3.05) is 0 Å². The number of hydrogen-bond donors (Lipinski definition) is 2. The van der Waals surface area contributed by atoms with Crippen LogP contribution in [0.1, 0.15) is 23.7 Å². The van der Waals surface area contributed by atoms with E-state index in [1.807, 2.05) is 48.7 Å². The van der Waals surface area contributed by atoms with E-state index < -0.39 is 0 Å². The summed E-state index contributed by atoms with van der Waals surface area (Å²) in [5, 5.41) is 8.16. The second-order valence-electron chi connectivity index (χ2n) is 5.83. The van der Waals surface area contributed by atoms with Gasteiger partial charge in [0, 0.05) is 22.4 Å². The summed E-state index contributed by atoms with van der Waals surface area (Å²) in [5.41, 5.74) is 1.91. The van der Waals surface area contributed by atoms with Gasteiger partial charge in [-0.25, -0.2) is 4.98 Å². The molecule has 1 atom stereocenters. The van der Waals surface area contributed by atoms with Crippen molar-refractivity contribution in [3.63, 3.8) is 0 Å². The third-order valence-electron chi connectivity index (χ3n) is 4.12. The van der Waals surface area contributed by atoms with E-state index in [4.69, 9.17) is 0 Å². The Hall–Kier alpha value is -2.28. The second kappa shape index (κ2) is 6.92. The van der Waals surface area contributed by atoms with Gasteiger partial charge < -0.3 is 10.3 Å². The molecule has 4 nitrogen and oxygen atoms in total. The molecule has 2 N–H and O–H groups in total. The SMILES string of the molecule is CC(NCc1cccs1)c1nc2scc(-c3ccccc3)c2c(=O)[nH]1. The number of rotatable bonds is 5. The number of aromatic nitrogens is 2. The summed E-state index contributed by atoms with van der Waals surface area (Å²) in [7, 11) is 0. The van der Waals surface area contributed by atoms with E-state index in [0.717, 1.165) is 22.5 Å². The maximum Gasteiger partial charge on any atom is 0.260 e. The number of aromatic amines is 1. The average Bonchev–Trinajstić information content (AvgIpc) is 3.30. The molecule has 6 heteroatoms. The molecule has 3 aromatic heterocycles. The smallest absolute Gasteiger partial charge is 0.260 e. The van der Waals surface area contributed by atoms with E-state index in [-0.39, 0.29) is 11.6 Å². The third kappa shape index (κ3) is 3.28. The van der Waals surface area contributed by atoms with Crippen LogP contribution in [-0.2, 0) is 6.54 Å². The Morgan fingerprint density at radius 2 is 2.00 bits per heavy atom. The van der Waals surface area contributed by atoms with Crippen molar-refractivity contribution in [3.8, 4) is 11.1 Å². The summed E-state index contributed by atoms with van der Waals surface area (Å²) in [6.07, 6.45) is 0. The zero-order valence-corrected chi connectivity index (χ0v) is 15.3. The minimum atomic E-state index is -0.0788. The maximum atomic E-state index is 12.7. The van der Waals surface area contributed by atoms with Crippen LogP contribution in [-0.4, -0.2) is 9.97 Å². The Labute approximate surface area is 153 Å². The second-order valence-corrected chi connectivity index (χ2v) is 7.72. The Balaban J connectivity index is 1.65. The summed E-state index contributed by atoms with van der Waals surface area (Å²) in [6, 6.07) is 14.1. The Morgan fingerprint density at radius 3 is 2.76 bits per heavy atom. The van der Waals surface area contributed by atoms with Crippen molar-refractivity contribution in [2.45, 2.75) is 19.5 Å². The lowest BCUT2D eigenvalue weighted by Gasteiger charge is -2.12. The lowest BCUT2D eigenvalue weighted by Crippen LogP contribution is -2.23. The fourth-order valence-corrected chi connectivity index (χ4v) is 4.38. The lowest BCUT2D eigenvalue weighted by molar-refractivity contribution is 0.550. The first kappa shape index (κ1) is 16.2. The van der Waals surface area contributed by atoms with Crippen LogP contribution < -0.4 is 10.9 Å². The first-order valence-corrected chi connectivity index (χ1v) is 9.81. The maximum absolute atomic E-state index is 12.7. The zero-order chi connectivity index (χ0) is 17.2. The van der Waals surface area contributed by atoms with Gasteiger partial charge in [-0.15, -0.1) is 22.7 Å². The van der Waals surface area contributed by atoms with Crippen LogP contribution in [0.25, 0.3) is 21.3 Å². The van der Waals surface area contributed by atoms with Crippen molar-refractivity contribution in [3.05, 3.63) is 74.3 Å². The monoisotopic (exact) mass is 367 g/mol. The molecule has 0 aliphatic carbocycles. The molecule has 25 heavy (non-hydrogen) atoms. The van der Waals surface area contributed by atoms with Gasteiger partial charge in [-0.3, -0.25) is 4.79 Å². The number of nitrogens with zero attached hydrogens (tertiary/aromatic N) is 1. The van der Waals surface area contributed by atoms with Crippen molar-refractivity contribution in [2.24, 2.45) is 0 Å². The van der Waals surface area contributed by atoms with Gasteiger partial charge in [0.2, 0.25) is 0 Å². The minimum absolute atomic E-state index is 0.0264. The summed E-state index contributed by atoms with van der Waals surface area (Å²) in [6.45, 7) is 2.78. The number of nitrogens with one attached hydrogen (secondary N) is 2. The largest absolute Gasteiger partial charge is 0.309 e. The molecule has 0 fully saturated rings. The van der Waals surface area contributed by atoms with Crippen molar-refractivity contribution >= 4 is 32.9 Å². The van der Waals surface area contributed by atoms with Crippen LogP contribution in [0.5, 0.6) is 0 Å². The molecule has 0 radical (unpaired) electrons. The van der Waals surface area contributed by atoms with Gasteiger partial charge in [0.15, 0.2) is 0 Å². The summed E-state index contributed by atoms with van der Waals surface area (Å²) >= 11 is 3.23. The van der Waals surface area contributed by atoms with Crippen LogP contribution in [0.15, 0.2) is 58.0 Å². The molecule has 0 saturated carbocycles. The fourth-order valence-electron chi connectivity index (χ4n) is 2.76. The Bertz CT molecular complexity index is 1040. The van der Waals surface area contributed by atoms with Gasteiger partial charge >= 0.3 is 0 Å². The molecule has 0 aliphatic rings.